The molecule has 1 aromatic carbocycles. The van der Waals surface area contributed by atoms with Crippen LogP contribution in [0.3, 0.4) is 0 Å². The second kappa shape index (κ2) is 5.55. The number of anilines is 1. The fraction of sp³-hybridized carbons (Fsp3) is 0.167. The van der Waals surface area contributed by atoms with Gasteiger partial charge in [0.2, 0.25) is 11.2 Å². The lowest BCUT2D eigenvalue weighted by Gasteiger charge is -2.08. The van der Waals surface area contributed by atoms with Gasteiger partial charge < -0.3 is 15.2 Å². The Morgan fingerprint density at radius 3 is 2.56 bits per heavy atom. The third kappa shape index (κ3) is 3.01. The van der Waals surface area contributed by atoms with Gasteiger partial charge in [-0.05, 0) is 42.8 Å². The zero-order valence-electron chi connectivity index (χ0n) is 9.76. The number of nitrogens with two attached hydrogens (primary N) is 1. The van der Waals surface area contributed by atoms with Crippen LogP contribution in [0.4, 0.5) is 5.69 Å². The van der Waals surface area contributed by atoms with Crippen molar-refractivity contribution in [1.82, 2.24) is 9.97 Å². The van der Waals surface area contributed by atoms with E-state index in [4.69, 9.17) is 26.8 Å². The number of aromatic nitrogens is 2. The minimum atomic E-state index is 0.0881. The molecule has 2 N–H and O–H groups in total. The first kappa shape index (κ1) is 12.4. The van der Waals surface area contributed by atoms with Gasteiger partial charge in [0.1, 0.15) is 17.2 Å². The van der Waals surface area contributed by atoms with E-state index in [1.165, 1.54) is 6.20 Å². The van der Waals surface area contributed by atoms with Gasteiger partial charge in [0.25, 0.3) is 0 Å². The smallest absolute Gasteiger partial charge is 0.247 e. The average Bonchev–Trinajstić information content (AvgIpc) is 2.37. The van der Waals surface area contributed by atoms with Crippen LogP contribution in [0, 0.1) is 0 Å². The average molecular weight is 266 g/mol. The number of nitrogen functional groups attached to an aromatic ring is 1. The first-order valence-corrected chi connectivity index (χ1v) is 5.75. The molecule has 0 amide bonds. The minimum absolute atomic E-state index is 0.0881. The quantitative estimate of drug-likeness (QED) is 0.861. The molecule has 0 atom stereocenters. The van der Waals surface area contributed by atoms with Gasteiger partial charge in [-0.3, -0.25) is 0 Å². The van der Waals surface area contributed by atoms with Crippen LogP contribution >= 0.6 is 11.6 Å². The number of ether oxygens (including phenoxy) is 2. The molecule has 0 saturated heterocycles. The Kier molecular flexibility index (Phi) is 3.84. The van der Waals surface area contributed by atoms with Gasteiger partial charge in [0.15, 0.2) is 0 Å². The number of rotatable bonds is 4. The third-order valence-electron chi connectivity index (χ3n) is 2.10. The zero-order valence-corrected chi connectivity index (χ0v) is 10.5. The molecule has 0 aliphatic carbocycles. The van der Waals surface area contributed by atoms with E-state index in [1.54, 1.807) is 24.3 Å². The van der Waals surface area contributed by atoms with Crippen molar-refractivity contribution in [2.75, 3.05) is 12.3 Å². The third-order valence-corrected chi connectivity index (χ3v) is 2.28. The molecule has 18 heavy (non-hydrogen) atoms. The van der Waals surface area contributed by atoms with Gasteiger partial charge in [0.05, 0.1) is 12.8 Å². The predicted molar refractivity (Wildman–Crippen MR) is 69.1 cm³/mol. The summed E-state index contributed by atoms with van der Waals surface area (Å²) in [5, 5.41) is 0.0881. The summed E-state index contributed by atoms with van der Waals surface area (Å²) in [6, 6.07) is 7.14. The topological polar surface area (TPSA) is 70.3 Å². The maximum atomic E-state index is 5.68. The van der Waals surface area contributed by atoms with Crippen molar-refractivity contribution in [2.45, 2.75) is 6.92 Å². The molecule has 0 spiro atoms. The lowest BCUT2D eigenvalue weighted by Crippen LogP contribution is -1.97. The highest BCUT2D eigenvalue weighted by atomic mass is 35.5. The largest absolute Gasteiger partial charge is 0.494 e. The van der Waals surface area contributed by atoms with Crippen LogP contribution < -0.4 is 15.2 Å². The van der Waals surface area contributed by atoms with E-state index in [2.05, 4.69) is 9.97 Å². The van der Waals surface area contributed by atoms with Crippen molar-refractivity contribution in [1.29, 1.82) is 0 Å². The van der Waals surface area contributed by atoms with Crippen LogP contribution in [-0.2, 0) is 0 Å². The molecule has 2 rings (SSSR count). The van der Waals surface area contributed by atoms with Gasteiger partial charge in [0, 0.05) is 0 Å². The van der Waals surface area contributed by atoms with E-state index < -0.39 is 0 Å². The predicted octanol–water partition coefficient (Wildman–Crippen LogP) is 2.90. The summed E-state index contributed by atoms with van der Waals surface area (Å²) in [4.78, 5) is 7.65. The Bertz CT molecular complexity index is 531. The summed E-state index contributed by atoms with van der Waals surface area (Å²) in [6.07, 6.45) is 1.40. The van der Waals surface area contributed by atoms with E-state index in [0.717, 1.165) is 5.75 Å². The number of halogens is 1. The Morgan fingerprint density at radius 1 is 1.22 bits per heavy atom. The van der Waals surface area contributed by atoms with Gasteiger partial charge in [-0.2, -0.15) is 4.98 Å². The molecule has 1 aromatic heterocycles. The maximum Gasteiger partial charge on any atom is 0.247 e. The van der Waals surface area contributed by atoms with E-state index in [-0.39, 0.29) is 11.2 Å². The molecule has 6 heteroatoms. The summed E-state index contributed by atoms with van der Waals surface area (Å²) >= 11 is 5.67. The molecule has 0 aliphatic heterocycles. The Balaban J connectivity index is 2.15. The van der Waals surface area contributed by atoms with Gasteiger partial charge in [-0.25, -0.2) is 4.98 Å². The zero-order chi connectivity index (χ0) is 13.0. The number of hydrogen-bond acceptors (Lipinski definition) is 5. The number of hydrogen-bond donors (Lipinski definition) is 1. The number of benzene rings is 1. The molecule has 1 heterocycles. The van der Waals surface area contributed by atoms with Crippen molar-refractivity contribution in [3.63, 3.8) is 0 Å². The number of nitrogens with zero attached hydrogens (tertiary/aromatic N) is 2. The van der Waals surface area contributed by atoms with Crippen LogP contribution in [0.2, 0.25) is 5.28 Å². The van der Waals surface area contributed by atoms with Crippen LogP contribution in [-0.4, -0.2) is 16.6 Å². The van der Waals surface area contributed by atoms with Crippen LogP contribution in [0.5, 0.6) is 17.4 Å². The summed E-state index contributed by atoms with van der Waals surface area (Å²) in [5.74, 6) is 1.61. The van der Waals surface area contributed by atoms with E-state index in [1.807, 2.05) is 6.92 Å². The molecule has 0 unspecified atom stereocenters. The van der Waals surface area contributed by atoms with Crippen molar-refractivity contribution >= 4 is 17.3 Å². The molecular formula is C12H12ClN3O2. The monoisotopic (exact) mass is 265 g/mol. The fourth-order valence-corrected chi connectivity index (χ4v) is 1.44. The molecule has 0 fully saturated rings. The summed E-state index contributed by atoms with van der Waals surface area (Å²) < 4.78 is 10.8. The minimum Gasteiger partial charge on any atom is -0.494 e. The molecular weight excluding hydrogens is 254 g/mol. The molecule has 0 radical (unpaired) electrons. The van der Waals surface area contributed by atoms with Crippen LogP contribution in [0.15, 0.2) is 30.5 Å². The SMILES string of the molecule is CCOc1ccc(Oc2nc(Cl)ncc2N)cc1. The molecule has 0 saturated carbocycles. The molecule has 2 aromatic rings. The highest BCUT2D eigenvalue weighted by Gasteiger charge is 2.06. The molecule has 5 nitrogen and oxygen atoms in total. The molecule has 0 aliphatic rings. The van der Waals surface area contributed by atoms with E-state index in [0.29, 0.717) is 18.0 Å². The normalized spacial score (nSPS) is 10.1. The lowest BCUT2D eigenvalue weighted by atomic mass is 10.3. The van der Waals surface area contributed by atoms with Crippen LogP contribution in [0.1, 0.15) is 6.92 Å². The summed E-state index contributed by atoms with van der Waals surface area (Å²) in [6.45, 7) is 2.54. The Labute approximate surface area is 110 Å². The summed E-state index contributed by atoms with van der Waals surface area (Å²) in [5.41, 5.74) is 6.01. The van der Waals surface area contributed by atoms with Crippen molar-refractivity contribution in [3.8, 4) is 17.4 Å². The van der Waals surface area contributed by atoms with Crippen LogP contribution in [0.25, 0.3) is 0 Å². The van der Waals surface area contributed by atoms with E-state index in [9.17, 15) is 0 Å². The van der Waals surface area contributed by atoms with Gasteiger partial charge in [-0.15, -0.1) is 0 Å². The standard InChI is InChI=1S/C12H12ClN3O2/c1-2-17-8-3-5-9(6-4-8)18-11-10(14)7-15-12(13)16-11/h3-7H,2,14H2,1H3. The molecule has 94 valence electrons. The highest BCUT2D eigenvalue weighted by molar-refractivity contribution is 6.28. The van der Waals surface area contributed by atoms with Crippen molar-refractivity contribution < 1.29 is 9.47 Å². The highest BCUT2D eigenvalue weighted by Crippen LogP contribution is 2.26. The lowest BCUT2D eigenvalue weighted by molar-refractivity contribution is 0.339. The maximum absolute atomic E-state index is 5.68. The fourth-order valence-electron chi connectivity index (χ4n) is 1.32. The van der Waals surface area contributed by atoms with Crippen molar-refractivity contribution in [3.05, 3.63) is 35.7 Å². The Morgan fingerprint density at radius 2 is 1.89 bits per heavy atom. The first-order valence-electron chi connectivity index (χ1n) is 5.37. The van der Waals surface area contributed by atoms with E-state index >= 15 is 0 Å². The first-order chi connectivity index (χ1) is 8.69. The second-order valence-corrected chi connectivity index (χ2v) is 3.74. The van der Waals surface area contributed by atoms with Crippen molar-refractivity contribution in [2.24, 2.45) is 0 Å². The molecule has 0 bridgehead atoms. The van der Waals surface area contributed by atoms with Gasteiger partial charge >= 0.3 is 0 Å². The summed E-state index contributed by atoms with van der Waals surface area (Å²) in [7, 11) is 0. The Hall–Kier alpha value is -2.01. The van der Waals surface area contributed by atoms with Gasteiger partial charge in [-0.1, -0.05) is 0 Å². The second-order valence-electron chi connectivity index (χ2n) is 3.41.